The molecule has 1 aliphatic heterocycles. The summed E-state index contributed by atoms with van der Waals surface area (Å²) in [6, 6.07) is 3.82. The highest BCUT2D eigenvalue weighted by molar-refractivity contribution is 9.10. The van der Waals surface area contributed by atoms with Crippen molar-refractivity contribution >= 4 is 15.9 Å². The number of nitrogens with one attached hydrogen (secondary N) is 1. The van der Waals surface area contributed by atoms with E-state index in [9.17, 15) is 0 Å². The standard InChI is InChI=1S/C10H10BrN3O/c11-9-7-6-12-3-4-14(7)10(13-9)8-2-1-5-15-8/h1-2,5,12H,3-4,6H2. The predicted octanol–water partition coefficient (Wildman–Crippen LogP) is 2.01. The lowest BCUT2D eigenvalue weighted by Gasteiger charge is -2.17. The molecule has 1 aliphatic rings. The molecule has 0 aromatic carbocycles. The molecule has 0 bridgehead atoms. The Morgan fingerprint density at radius 1 is 1.53 bits per heavy atom. The zero-order chi connectivity index (χ0) is 10.3. The molecule has 0 unspecified atom stereocenters. The van der Waals surface area contributed by atoms with Crippen molar-refractivity contribution < 1.29 is 4.42 Å². The van der Waals surface area contributed by atoms with Crippen LogP contribution in [0.4, 0.5) is 0 Å². The number of nitrogens with zero attached hydrogens (tertiary/aromatic N) is 2. The average molecular weight is 268 g/mol. The molecule has 0 saturated heterocycles. The second kappa shape index (κ2) is 3.50. The Labute approximate surface area is 95.4 Å². The largest absolute Gasteiger partial charge is 0.461 e. The van der Waals surface area contributed by atoms with Gasteiger partial charge < -0.3 is 14.3 Å². The normalized spacial score (nSPS) is 15.3. The SMILES string of the molecule is Brc1nc(-c2ccco2)n2c1CNCC2. The van der Waals surface area contributed by atoms with E-state index in [-0.39, 0.29) is 0 Å². The summed E-state index contributed by atoms with van der Waals surface area (Å²) in [5.74, 6) is 1.73. The molecule has 3 rings (SSSR count). The molecule has 0 atom stereocenters. The molecule has 4 nitrogen and oxygen atoms in total. The molecule has 0 radical (unpaired) electrons. The van der Waals surface area contributed by atoms with Gasteiger partial charge in [0.25, 0.3) is 0 Å². The van der Waals surface area contributed by atoms with Gasteiger partial charge in [-0.1, -0.05) is 0 Å². The molecule has 2 aromatic rings. The summed E-state index contributed by atoms with van der Waals surface area (Å²) < 4.78 is 8.47. The summed E-state index contributed by atoms with van der Waals surface area (Å²) in [5.41, 5.74) is 1.19. The van der Waals surface area contributed by atoms with Crippen LogP contribution in [0.3, 0.4) is 0 Å². The lowest BCUT2D eigenvalue weighted by atomic mass is 10.3. The van der Waals surface area contributed by atoms with Gasteiger partial charge in [0.05, 0.1) is 12.0 Å². The topological polar surface area (TPSA) is 43.0 Å². The molecule has 5 heteroatoms. The zero-order valence-electron chi connectivity index (χ0n) is 8.03. The molecular weight excluding hydrogens is 258 g/mol. The van der Waals surface area contributed by atoms with E-state index in [0.717, 1.165) is 35.8 Å². The smallest absolute Gasteiger partial charge is 0.177 e. The van der Waals surface area contributed by atoms with Crippen LogP contribution >= 0.6 is 15.9 Å². The van der Waals surface area contributed by atoms with Crippen molar-refractivity contribution in [2.24, 2.45) is 0 Å². The molecule has 78 valence electrons. The number of rotatable bonds is 1. The Balaban J connectivity index is 2.16. The Kier molecular flexibility index (Phi) is 2.14. The highest BCUT2D eigenvalue weighted by Crippen LogP contribution is 2.27. The first-order chi connectivity index (χ1) is 7.36. The second-order valence-corrected chi connectivity index (χ2v) is 4.23. The van der Waals surface area contributed by atoms with Gasteiger partial charge in [0.1, 0.15) is 4.60 Å². The van der Waals surface area contributed by atoms with Gasteiger partial charge in [-0.3, -0.25) is 0 Å². The van der Waals surface area contributed by atoms with Crippen LogP contribution < -0.4 is 5.32 Å². The van der Waals surface area contributed by atoms with E-state index in [1.807, 2.05) is 12.1 Å². The molecular formula is C10H10BrN3O. The molecule has 1 N–H and O–H groups in total. The zero-order valence-corrected chi connectivity index (χ0v) is 9.62. The van der Waals surface area contributed by atoms with Crippen LogP contribution in [0.25, 0.3) is 11.6 Å². The van der Waals surface area contributed by atoms with Crippen LogP contribution in [0.5, 0.6) is 0 Å². The Hall–Kier alpha value is -1.07. The summed E-state index contributed by atoms with van der Waals surface area (Å²) in [6.45, 7) is 2.77. The van der Waals surface area contributed by atoms with E-state index in [2.05, 4.69) is 30.8 Å². The maximum atomic E-state index is 5.37. The third-order valence-corrected chi connectivity index (χ3v) is 3.20. The molecule has 0 amide bonds. The molecule has 0 spiro atoms. The van der Waals surface area contributed by atoms with Gasteiger partial charge >= 0.3 is 0 Å². The van der Waals surface area contributed by atoms with Gasteiger partial charge in [-0.25, -0.2) is 4.98 Å². The van der Waals surface area contributed by atoms with Gasteiger partial charge in [-0.05, 0) is 28.1 Å². The van der Waals surface area contributed by atoms with Crippen molar-refractivity contribution in [2.75, 3.05) is 6.54 Å². The van der Waals surface area contributed by atoms with Crippen LogP contribution in [-0.4, -0.2) is 16.1 Å². The van der Waals surface area contributed by atoms with Crippen molar-refractivity contribution in [3.63, 3.8) is 0 Å². The molecule has 3 heterocycles. The lowest BCUT2D eigenvalue weighted by Crippen LogP contribution is -2.28. The monoisotopic (exact) mass is 267 g/mol. The Morgan fingerprint density at radius 3 is 3.27 bits per heavy atom. The van der Waals surface area contributed by atoms with Crippen LogP contribution in [-0.2, 0) is 13.1 Å². The molecule has 15 heavy (non-hydrogen) atoms. The summed E-state index contributed by atoms with van der Waals surface area (Å²) in [6.07, 6.45) is 1.67. The number of hydrogen-bond donors (Lipinski definition) is 1. The van der Waals surface area contributed by atoms with Gasteiger partial charge in [-0.2, -0.15) is 0 Å². The molecule has 0 fully saturated rings. The van der Waals surface area contributed by atoms with E-state index >= 15 is 0 Å². The van der Waals surface area contributed by atoms with E-state index in [4.69, 9.17) is 4.42 Å². The van der Waals surface area contributed by atoms with Crippen LogP contribution in [0, 0.1) is 0 Å². The predicted molar refractivity (Wildman–Crippen MR) is 59.3 cm³/mol. The lowest BCUT2D eigenvalue weighted by molar-refractivity contribution is 0.507. The van der Waals surface area contributed by atoms with Crippen molar-refractivity contribution in [3.05, 3.63) is 28.7 Å². The first kappa shape index (κ1) is 9.18. The number of aromatic nitrogens is 2. The number of hydrogen-bond acceptors (Lipinski definition) is 3. The summed E-state index contributed by atoms with van der Waals surface area (Å²) in [7, 11) is 0. The number of imidazole rings is 1. The fourth-order valence-corrected chi connectivity index (χ4v) is 2.38. The molecule has 2 aromatic heterocycles. The second-order valence-electron chi connectivity index (χ2n) is 3.48. The maximum absolute atomic E-state index is 5.37. The van der Waals surface area contributed by atoms with Gasteiger partial charge in [0.2, 0.25) is 0 Å². The fourth-order valence-electron chi connectivity index (χ4n) is 1.86. The van der Waals surface area contributed by atoms with Crippen molar-refractivity contribution in [1.82, 2.24) is 14.9 Å². The Bertz CT molecular complexity index is 475. The summed E-state index contributed by atoms with van der Waals surface area (Å²) >= 11 is 3.47. The minimum atomic E-state index is 0.823. The highest BCUT2D eigenvalue weighted by Gasteiger charge is 2.20. The van der Waals surface area contributed by atoms with Gasteiger partial charge in [-0.15, -0.1) is 0 Å². The van der Waals surface area contributed by atoms with Crippen molar-refractivity contribution in [2.45, 2.75) is 13.1 Å². The van der Waals surface area contributed by atoms with Crippen LogP contribution in [0.1, 0.15) is 5.69 Å². The molecule has 0 saturated carbocycles. The van der Waals surface area contributed by atoms with E-state index < -0.39 is 0 Å². The number of halogens is 1. The van der Waals surface area contributed by atoms with Crippen LogP contribution in [0.2, 0.25) is 0 Å². The van der Waals surface area contributed by atoms with E-state index in [1.54, 1.807) is 6.26 Å². The summed E-state index contributed by atoms with van der Waals surface area (Å²) in [5, 5.41) is 3.32. The third kappa shape index (κ3) is 1.42. The first-order valence-electron chi connectivity index (χ1n) is 4.86. The quantitative estimate of drug-likeness (QED) is 0.860. The van der Waals surface area contributed by atoms with Crippen molar-refractivity contribution in [1.29, 1.82) is 0 Å². The molecule has 0 aliphatic carbocycles. The van der Waals surface area contributed by atoms with Crippen molar-refractivity contribution in [3.8, 4) is 11.6 Å². The van der Waals surface area contributed by atoms with Gasteiger partial charge in [0.15, 0.2) is 11.6 Å². The third-order valence-electron chi connectivity index (χ3n) is 2.57. The minimum Gasteiger partial charge on any atom is -0.461 e. The van der Waals surface area contributed by atoms with Gasteiger partial charge in [0, 0.05) is 19.6 Å². The maximum Gasteiger partial charge on any atom is 0.177 e. The average Bonchev–Trinajstić information content (AvgIpc) is 2.87. The highest BCUT2D eigenvalue weighted by atomic mass is 79.9. The Morgan fingerprint density at radius 2 is 2.47 bits per heavy atom. The number of fused-ring (bicyclic) bond motifs is 1. The van der Waals surface area contributed by atoms with Crippen LogP contribution in [0.15, 0.2) is 27.4 Å². The minimum absolute atomic E-state index is 0.823. The fraction of sp³-hybridized carbons (Fsp3) is 0.300. The first-order valence-corrected chi connectivity index (χ1v) is 5.65. The summed E-state index contributed by atoms with van der Waals surface area (Å²) in [4.78, 5) is 4.48. The van der Waals surface area contributed by atoms with E-state index in [1.165, 1.54) is 5.69 Å². The number of furan rings is 1. The van der Waals surface area contributed by atoms with E-state index in [0.29, 0.717) is 0 Å².